The van der Waals surface area contributed by atoms with E-state index in [1.54, 1.807) is 18.1 Å². The molecular formula is C25H33N4O4+. The summed E-state index contributed by atoms with van der Waals surface area (Å²) in [6.45, 7) is 4.84. The molecule has 0 saturated heterocycles. The summed E-state index contributed by atoms with van der Waals surface area (Å²) in [5.41, 5.74) is 4.21. The van der Waals surface area contributed by atoms with Gasteiger partial charge in [0.2, 0.25) is 0 Å². The van der Waals surface area contributed by atoms with Gasteiger partial charge in [-0.25, -0.2) is 4.79 Å². The number of anilines is 2. The van der Waals surface area contributed by atoms with E-state index in [1.807, 2.05) is 71.9 Å². The third-order valence-corrected chi connectivity index (χ3v) is 5.03. The molecule has 0 bridgehead atoms. The number of esters is 1. The zero-order chi connectivity index (χ0) is 24.2. The van der Waals surface area contributed by atoms with E-state index in [0.717, 1.165) is 22.6 Å². The second-order valence-corrected chi connectivity index (χ2v) is 7.19. The highest BCUT2D eigenvalue weighted by Crippen LogP contribution is 2.21. The normalized spacial score (nSPS) is 11.5. The fourth-order valence-corrected chi connectivity index (χ4v) is 3.23. The number of nitrogens with zero attached hydrogens (tertiary/aromatic N) is 3. The molecule has 0 aliphatic heterocycles. The Balaban J connectivity index is 2.25. The van der Waals surface area contributed by atoms with Crippen molar-refractivity contribution in [1.82, 2.24) is 0 Å². The Labute approximate surface area is 195 Å². The Morgan fingerprint density at radius 3 is 2.27 bits per heavy atom. The van der Waals surface area contributed by atoms with E-state index in [0.29, 0.717) is 18.7 Å². The monoisotopic (exact) mass is 453 g/mol. The van der Waals surface area contributed by atoms with Crippen molar-refractivity contribution in [3.8, 4) is 0 Å². The molecule has 2 aromatic carbocycles. The minimum absolute atomic E-state index is 0.00910. The topological polar surface area (TPSA) is 102 Å². The fourth-order valence-electron chi connectivity index (χ4n) is 3.23. The van der Waals surface area contributed by atoms with Crippen molar-refractivity contribution in [2.75, 3.05) is 57.4 Å². The molecule has 33 heavy (non-hydrogen) atoms. The van der Waals surface area contributed by atoms with Gasteiger partial charge in [0.25, 0.3) is 0 Å². The van der Waals surface area contributed by atoms with Gasteiger partial charge in [-0.05, 0) is 42.5 Å². The molecule has 0 fully saturated rings. The van der Waals surface area contributed by atoms with Crippen LogP contribution in [0.4, 0.5) is 17.1 Å². The van der Waals surface area contributed by atoms with Crippen molar-refractivity contribution in [3.63, 3.8) is 0 Å². The molecule has 0 heterocycles. The molecule has 0 amide bonds. The van der Waals surface area contributed by atoms with Gasteiger partial charge >= 0.3 is 5.97 Å². The predicted molar refractivity (Wildman–Crippen MR) is 133 cm³/mol. The van der Waals surface area contributed by atoms with Crippen LogP contribution in [0, 0.1) is 0 Å². The maximum absolute atomic E-state index is 12.4. The first-order chi connectivity index (χ1) is 15.9. The molecule has 176 valence electrons. The average Bonchev–Trinajstić information content (AvgIpc) is 2.85. The number of para-hydroxylation sites is 1. The number of carbonyl (C=O) groups is 1. The first-order valence-electron chi connectivity index (χ1n) is 10.7. The SMILES string of the molecule is C=C(C=Cc1ccccc1[NH2+]C)C(=NN(C)c1ccc(N(CCO)CCO)cc1)C(=O)OC. The van der Waals surface area contributed by atoms with Gasteiger partial charge in [-0.15, -0.1) is 0 Å². The largest absolute Gasteiger partial charge is 0.464 e. The van der Waals surface area contributed by atoms with Gasteiger partial charge in [0.05, 0.1) is 33.1 Å². The highest BCUT2D eigenvalue weighted by molar-refractivity contribution is 6.44. The number of methoxy groups -OCH3 is 1. The zero-order valence-corrected chi connectivity index (χ0v) is 19.4. The Morgan fingerprint density at radius 2 is 1.70 bits per heavy atom. The number of quaternary nitrogens is 1. The minimum Gasteiger partial charge on any atom is -0.464 e. The number of rotatable bonds is 12. The summed E-state index contributed by atoms with van der Waals surface area (Å²) >= 11 is 0. The number of carbonyl (C=O) groups excluding carboxylic acids is 1. The van der Waals surface area contributed by atoms with Crippen molar-refractivity contribution in [3.05, 3.63) is 72.3 Å². The number of aliphatic hydroxyl groups is 2. The van der Waals surface area contributed by atoms with E-state index in [1.165, 1.54) is 7.11 Å². The molecule has 0 spiro atoms. The summed E-state index contributed by atoms with van der Waals surface area (Å²) < 4.78 is 4.92. The Hall–Kier alpha value is -3.46. The second kappa shape index (κ2) is 13.2. The highest BCUT2D eigenvalue weighted by atomic mass is 16.5. The Kier molecular flexibility index (Phi) is 10.3. The van der Waals surface area contributed by atoms with Crippen LogP contribution in [0.1, 0.15) is 5.56 Å². The molecule has 8 nitrogen and oxygen atoms in total. The highest BCUT2D eigenvalue weighted by Gasteiger charge is 2.16. The van der Waals surface area contributed by atoms with Crippen LogP contribution in [0.3, 0.4) is 0 Å². The standard InChI is InChI=1S/C25H32N4O4/c1-19(9-10-20-7-5-6-8-23(20)26-2)24(25(32)33-4)27-28(3)21-11-13-22(14-12-21)29(15-17-30)16-18-31/h5-14,26,30-31H,1,15-18H2,2-4H3/p+1. The maximum atomic E-state index is 12.4. The van der Waals surface area contributed by atoms with Crippen LogP contribution in [-0.2, 0) is 9.53 Å². The second-order valence-electron chi connectivity index (χ2n) is 7.19. The maximum Gasteiger partial charge on any atom is 0.359 e. The molecule has 2 aromatic rings. The first kappa shape index (κ1) is 25.8. The molecule has 2 rings (SSSR count). The van der Waals surface area contributed by atoms with Gasteiger partial charge in [-0.3, -0.25) is 5.01 Å². The number of hydrazone groups is 1. The molecule has 0 radical (unpaired) electrons. The zero-order valence-electron chi connectivity index (χ0n) is 19.4. The van der Waals surface area contributed by atoms with Crippen LogP contribution in [0.5, 0.6) is 0 Å². The van der Waals surface area contributed by atoms with E-state index in [9.17, 15) is 15.0 Å². The fraction of sp³-hybridized carbons (Fsp3) is 0.280. The predicted octanol–water partition coefficient (Wildman–Crippen LogP) is 1.54. The summed E-state index contributed by atoms with van der Waals surface area (Å²) in [7, 11) is 5.01. The first-order valence-corrected chi connectivity index (χ1v) is 10.7. The van der Waals surface area contributed by atoms with Crippen LogP contribution in [-0.4, -0.2) is 69.4 Å². The third-order valence-electron chi connectivity index (χ3n) is 5.03. The number of nitrogens with two attached hydrogens (primary N) is 1. The lowest BCUT2D eigenvalue weighted by atomic mass is 10.1. The van der Waals surface area contributed by atoms with Crippen LogP contribution in [0.15, 0.2) is 71.9 Å². The number of hydrogen-bond donors (Lipinski definition) is 3. The minimum atomic E-state index is -0.583. The summed E-state index contributed by atoms with van der Waals surface area (Å²) in [5, 5.41) is 26.5. The average molecular weight is 454 g/mol. The van der Waals surface area contributed by atoms with Gasteiger partial charge in [-0.1, -0.05) is 24.8 Å². The molecule has 0 aromatic heterocycles. The smallest absolute Gasteiger partial charge is 0.359 e. The van der Waals surface area contributed by atoms with Crippen molar-refractivity contribution in [2.45, 2.75) is 0 Å². The van der Waals surface area contributed by atoms with E-state index >= 15 is 0 Å². The van der Waals surface area contributed by atoms with Crippen LogP contribution >= 0.6 is 0 Å². The van der Waals surface area contributed by atoms with Gasteiger partial charge in [0.15, 0.2) is 5.71 Å². The van der Waals surface area contributed by atoms with Crippen molar-refractivity contribution in [2.24, 2.45) is 5.10 Å². The molecular weight excluding hydrogens is 420 g/mol. The number of benzene rings is 2. The van der Waals surface area contributed by atoms with Gasteiger partial charge < -0.3 is 25.2 Å². The summed E-state index contributed by atoms with van der Waals surface area (Å²) in [6.07, 6.45) is 3.64. The van der Waals surface area contributed by atoms with Crippen LogP contribution in [0.2, 0.25) is 0 Å². The Bertz CT molecular complexity index is 980. The quantitative estimate of drug-likeness (QED) is 0.148. The summed E-state index contributed by atoms with van der Waals surface area (Å²) in [6, 6.07) is 15.4. The lowest BCUT2D eigenvalue weighted by Crippen LogP contribution is -2.73. The molecule has 4 N–H and O–H groups in total. The van der Waals surface area contributed by atoms with E-state index in [2.05, 4.69) is 11.7 Å². The van der Waals surface area contributed by atoms with Crippen LogP contribution in [0.25, 0.3) is 6.08 Å². The van der Waals surface area contributed by atoms with Crippen molar-refractivity contribution < 1.29 is 25.1 Å². The van der Waals surface area contributed by atoms with E-state index in [-0.39, 0.29) is 18.9 Å². The van der Waals surface area contributed by atoms with Gasteiger partial charge in [0.1, 0.15) is 5.69 Å². The Morgan fingerprint density at radius 1 is 1.09 bits per heavy atom. The molecule has 0 atom stereocenters. The van der Waals surface area contributed by atoms with Crippen molar-refractivity contribution in [1.29, 1.82) is 0 Å². The summed E-state index contributed by atoms with van der Waals surface area (Å²) in [5.74, 6) is -0.583. The lowest BCUT2D eigenvalue weighted by molar-refractivity contribution is -0.539. The number of allylic oxidation sites excluding steroid dienone is 1. The molecule has 0 unspecified atom stereocenters. The van der Waals surface area contributed by atoms with Gasteiger partial charge in [-0.2, -0.15) is 5.10 Å². The van der Waals surface area contributed by atoms with Crippen LogP contribution < -0.4 is 15.2 Å². The van der Waals surface area contributed by atoms with E-state index in [4.69, 9.17) is 4.74 Å². The lowest BCUT2D eigenvalue weighted by Gasteiger charge is -2.24. The number of ether oxygens (including phenoxy) is 1. The summed E-state index contributed by atoms with van der Waals surface area (Å²) in [4.78, 5) is 14.3. The third kappa shape index (κ3) is 7.28. The molecule has 0 aliphatic rings. The number of hydrogen-bond acceptors (Lipinski definition) is 7. The molecule has 0 aliphatic carbocycles. The van der Waals surface area contributed by atoms with E-state index < -0.39 is 5.97 Å². The van der Waals surface area contributed by atoms with Gasteiger partial charge in [0, 0.05) is 37.0 Å². The molecule has 0 saturated carbocycles. The number of aliphatic hydroxyl groups excluding tert-OH is 2. The van der Waals surface area contributed by atoms with Crippen molar-refractivity contribution >= 4 is 34.8 Å². The molecule has 8 heteroatoms.